The molecule has 2 heterocycles. The highest BCUT2D eigenvalue weighted by atomic mass is 32.2. The number of carbonyl (C=O) groups excluding carboxylic acids is 1. The molecule has 6 rings (SSSR count). The first kappa shape index (κ1) is 31.8. The maximum atomic E-state index is 14.8. The lowest BCUT2D eigenvalue weighted by Crippen LogP contribution is -2.56. The SMILES string of the molecule is CCCS(=O)(=O)N(c1ccc2oc(-c3ccc(C)cc3)nc2c1)C(C(=O)Nc1ccc2oc(-c3ccc(C)cc3)nc2c1)C(F)(F)F. The third kappa shape index (κ3) is 6.57. The zero-order valence-corrected chi connectivity index (χ0v) is 26.3. The number of halogens is 3. The summed E-state index contributed by atoms with van der Waals surface area (Å²) in [6.45, 7) is 5.36. The third-order valence-electron chi connectivity index (χ3n) is 7.43. The molecular formula is C34H29F3N4O5S. The molecule has 0 saturated heterocycles. The van der Waals surface area contributed by atoms with Gasteiger partial charge in [0.1, 0.15) is 11.0 Å². The average molecular weight is 663 g/mol. The van der Waals surface area contributed by atoms with Gasteiger partial charge in [0.05, 0.1) is 11.4 Å². The predicted octanol–water partition coefficient (Wildman–Crippen LogP) is 8.04. The summed E-state index contributed by atoms with van der Waals surface area (Å²) in [6, 6.07) is 19.4. The molecule has 47 heavy (non-hydrogen) atoms. The predicted molar refractivity (Wildman–Crippen MR) is 173 cm³/mol. The molecule has 0 spiro atoms. The molecule has 4 aromatic carbocycles. The number of hydrogen-bond donors (Lipinski definition) is 1. The van der Waals surface area contributed by atoms with Gasteiger partial charge in [-0.1, -0.05) is 42.3 Å². The van der Waals surface area contributed by atoms with Crippen molar-refractivity contribution in [2.45, 2.75) is 39.4 Å². The summed E-state index contributed by atoms with van der Waals surface area (Å²) in [5.74, 6) is -1.73. The first-order chi connectivity index (χ1) is 22.3. The Kier molecular flexibility index (Phi) is 8.26. The van der Waals surface area contributed by atoms with Crippen LogP contribution in [0.25, 0.3) is 45.1 Å². The minimum Gasteiger partial charge on any atom is -0.436 e. The number of amides is 1. The van der Waals surface area contributed by atoms with Crippen LogP contribution in [0.3, 0.4) is 0 Å². The van der Waals surface area contributed by atoms with Crippen LogP contribution in [0.5, 0.6) is 0 Å². The highest BCUT2D eigenvalue weighted by Gasteiger charge is 2.53. The molecule has 1 N–H and O–H groups in total. The number of aryl methyl sites for hydroxylation is 2. The Labute approximate surface area is 268 Å². The first-order valence-electron chi connectivity index (χ1n) is 14.7. The fourth-order valence-electron chi connectivity index (χ4n) is 5.12. The van der Waals surface area contributed by atoms with Crippen LogP contribution in [0.4, 0.5) is 24.5 Å². The van der Waals surface area contributed by atoms with Gasteiger partial charge in [-0.25, -0.2) is 22.7 Å². The van der Waals surface area contributed by atoms with E-state index in [4.69, 9.17) is 8.83 Å². The number of rotatable bonds is 9. The summed E-state index contributed by atoms with van der Waals surface area (Å²) in [5, 5.41) is 2.25. The summed E-state index contributed by atoms with van der Waals surface area (Å²) in [7, 11) is -4.66. The highest BCUT2D eigenvalue weighted by Crippen LogP contribution is 2.36. The number of alkyl halides is 3. The minimum absolute atomic E-state index is 0.0148. The van der Waals surface area contributed by atoms with E-state index in [-0.39, 0.29) is 39.1 Å². The summed E-state index contributed by atoms with van der Waals surface area (Å²) < 4.78 is 83.1. The number of fused-ring (bicyclic) bond motifs is 2. The van der Waals surface area contributed by atoms with Crippen molar-refractivity contribution in [3.05, 3.63) is 96.1 Å². The second-order valence-corrected chi connectivity index (χ2v) is 13.1. The normalized spacial score (nSPS) is 12.8. The summed E-state index contributed by atoms with van der Waals surface area (Å²) in [6.07, 6.45) is -5.28. The van der Waals surface area contributed by atoms with Crippen molar-refractivity contribution in [2.24, 2.45) is 0 Å². The molecular weight excluding hydrogens is 633 g/mol. The minimum atomic E-state index is -5.30. The van der Waals surface area contributed by atoms with E-state index in [1.165, 1.54) is 43.3 Å². The van der Waals surface area contributed by atoms with Crippen molar-refractivity contribution >= 4 is 49.5 Å². The number of hydrogen-bond acceptors (Lipinski definition) is 7. The first-order valence-corrected chi connectivity index (χ1v) is 16.3. The molecule has 0 saturated carbocycles. The summed E-state index contributed by atoms with van der Waals surface area (Å²) >= 11 is 0. The molecule has 0 fully saturated rings. The molecule has 6 aromatic rings. The fourth-order valence-corrected chi connectivity index (χ4v) is 6.81. The van der Waals surface area contributed by atoms with Gasteiger partial charge in [0.15, 0.2) is 11.2 Å². The zero-order valence-electron chi connectivity index (χ0n) is 25.5. The van der Waals surface area contributed by atoms with E-state index in [0.29, 0.717) is 28.1 Å². The zero-order chi connectivity index (χ0) is 33.5. The van der Waals surface area contributed by atoms with Crippen LogP contribution in [0, 0.1) is 13.8 Å². The van der Waals surface area contributed by atoms with Crippen LogP contribution in [0.2, 0.25) is 0 Å². The van der Waals surface area contributed by atoms with Gasteiger partial charge in [-0.05, 0) is 80.9 Å². The number of benzene rings is 4. The monoisotopic (exact) mass is 662 g/mol. The van der Waals surface area contributed by atoms with Crippen molar-refractivity contribution in [3.63, 3.8) is 0 Å². The van der Waals surface area contributed by atoms with Crippen molar-refractivity contribution in [2.75, 3.05) is 15.4 Å². The number of anilines is 2. The van der Waals surface area contributed by atoms with Gasteiger partial charge in [0.25, 0.3) is 5.91 Å². The van der Waals surface area contributed by atoms with Gasteiger partial charge in [-0.15, -0.1) is 0 Å². The van der Waals surface area contributed by atoms with Gasteiger partial charge in [-0.2, -0.15) is 13.2 Å². The second-order valence-electron chi connectivity index (χ2n) is 11.1. The Balaban J connectivity index is 1.36. The van der Waals surface area contributed by atoms with Gasteiger partial charge >= 0.3 is 6.18 Å². The van der Waals surface area contributed by atoms with Crippen LogP contribution >= 0.6 is 0 Å². The van der Waals surface area contributed by atoms with Crippen LogP contribution < -0.4 is 9.62 Å². The van der Waals surface area contributed by atoms with Gasteiger partial charge in [0.2, 0.25) is 27.8 Å². The van der Waals surface area contributed by atoms with Crippen LogP contribution in [0.15, 0.2) is 93.8 Å². The summed E-state index contributed by atoms with van der Waals surface area (Å²) in [4.78, 5) is 22.3. The lowest BCUT2D eigenvalue weighted by molar-refractivity contribution is -0.158. The highest BCUT2D eigenvalue weighted by molar-refractivity contribution is 7.92. The molecule has 13 heteroatoms. The molecule has 1 unspecified atom stereocenters. The second kappa shape index (κ2) is 12.2. The molecule has 2 aromatic heterocycles. The molecule has 1 amide bonds. The van der Waals surface area contributed by atoms with Crippen LogP contribution in [-0.2, 0) is 14.8 Å². The third-order valence-corrected chi connectivity index (χ3v) is 9.38. The number of aromatic nitrogens is 2. The molecule has 9 nitrogen and oxygen atoms in total. The molecule has 0 aliphatic carbocycles. The summed E-state index contributed by atoms with van der Waals surface area (Å²) in [5.41, 5.74) is 3.96. The lowest BCUT2D eigenvalue weighted by atomic mass is 10.1. The maximum Gasteiger partial charge on any atom is 0.418 e. The smallest absolute Gasteiger partial charge is 0.418 e. The Morgan fingerprint density at radius 2 is 1.32 bits per heavy atom. The molecule has 0 aliphatic heterocycles. The number of sulfonamides is 1. The van der Waals surface area contributed by atoms with E-state index >= 15 is 0 Å². The lowest BCUT2D eigenvalue weighted by Gasteiger charge is -2.33. The average Bonchev–Trinajstić information content (AvgIpc) is 3.63. The van der Waals surface area contributed by atoms with E-state index in [2.05, 4.69) is 15.3 Å². The number of nitrogens with zero attached hydrogens (tertiary/aromatic N) is 3. The molecule has 0 aliphatic rings. The van der Waals surface area contributed by atoms with Gasteiger partial charge < -0.3 is 14.2 Å². The van der Waals surface area contributed by atoms with E-state index in [0.717, 1.165) is 11.1 Å². The number of nitrogens with one attached hydrogen (secondary N) is 1. The number of oxazole rings is 2. The van der Waals surface area contributed by atoms with Crippen molar-refractivity contribution in [1.82, 2.24) is 9.97 Å². The quantitative estimate of drug-likeness (QED) is 0.167. The largest absolute Gasteiger partial charge is 0.436 e. The van der Waals surface area contributed by atoms with Gasteiger partial charge in [0, 0.05) is 16.8 Å². The van der Waals surface area contributed by atoms with Gasteiger partial charge in [-0.3, -0.25) is 4.79 Å². The van der Waals surface area contributed by atoms with E-state index < -0.39 is 33.9 Å². The standard InChI is InChI=1S/C34H29F3N4O5S/c1-4-17-47(43,44)41(25-14-16-29-27(19-25)40-33(46-29)23-11-7-21(3)8-12-23)30(34(35,36)37)31(42)38-24-13-15-28-26(18-24)39-32(45-28)22-9-5-20(2)6-10-22/h5-16,18-19,30H,4,17H2,1-3H3,(H,38,42). The number of carbonyl (C=O) groups is 1. The Bertz CT molecular complexity index is 2190. The maximum absolute atomic E-state index is 14.8. The Morgan fingerprint density at radius 1 is 0.809 bits per heavy atom. The topological polar surface area (TPSA) is 119 Å². The molecule has 1 atom stereocenters. The van der Waals surface area contributed by atoms with E-state index in [1.807, 2.05) is 50.2 Å². The van der Waals surface area contributed by atoms with Crippen molar-refractivity contribution in [3.8, 4) is 22.9 Å². The van der Waals surface area contributed by atoms with Crippen molar-refractivity contribution in [1.29, 1.82) is 0 Å². The molecule has 0 bridgehead atoms. The Hall–Kier alpha value is -5.17. The Morgan fingerprint density at radius 3 is 1.83 bits per heavy atom. The van der Waals surface area contributed by atoms with Crippen LogP contribution in [0.1, 0.15) is 24.5 Å². The van der Waals surface area contributed by atoms with E-state index in [1.54, 1.807) is 12.1 Å². The molecule has 242 valence electrons. The van der Waals surface area contributed by atoms with E-state index in [9.17, 15) is 26.4 Å². The van der Waals surface area contributed by atoms with Crippen LogP contribution in [-0.4, -0.2) is 42.3 Å². The fraction of sp³-hybridized carbons (Fsp3) is 0.206. The molecule has 0 radical (unpaired) electrons. The van der Waals surface area contributed by atoms with Crippen molar-refractivity contribution < 1.29 is 35.2 Å².